The Kier molecular flexibility index (Phi) is 8.72. The van der Waals surface area contributed by atoms with Crippen molar-refractivity contribution in [1.29, 1.82) is 0 Å². The highest BCUT2D eigenvalue weighted by Crippen LogP contribution is 2.45. The van der Waals surface area contributed by atoms with Gasteiger partial charge in [-0.1, -0.05) is 36.6 Å². The summed E-state index contributed by atoms with van der Waals surface area (Å²) in [4.78, 5) is 33.8. The molecular weight excluding hydrogens is 529 g/mol. The largest absolute Gasteiger partial charge is 0.493 e. The molecule has 0 N–H and O–H groups in total. The summed E-state index contributed by atoms with van der Waals surface area (Å²) in [6.45, 7) is 6.72. The van der Waals surface area contributed by atoms with Gasteiger partial charge in [-0.05, 0) is 81.1 Å². The lowest BCUT2D eigenvalue weighted by atomic mass is 9.73. The number of hydrogen-bond acceptors (Lipinski definition) is 4. The summed E-state index contributed by atoms with van der Waals surface area (Å²) in [5.41, 5.74) is 0.710. The van der Waals surface area contributed by atoms with E-state index in [-0.39, 0.29) is 23.0 Å². The number of carbonyl (C=O) groups excluding carboxylic acids is 2. The topological polar surface area (TPSA) is 53.1 Å². The molecule has 0 unspecified atom stereocenters. The lowest BCUT2D eigenvalue weighted by Crippen LogP contribution is -2.53. The Bertz CT molecular complexity index is 1220. The fourth-order valence-corrected chi connectivity index (χ4v) is 6.80. The number of piperazine rings is 1. The molecule has 2 amide bonds. The van der Waals surface area contributed by atoms with Gasteiger partial charge in [0.15, 0.2) is 0 Å². The van der Waals surface area contributed by atoms with E-state index in [1.54, 1.807) is 6.07 Å². The molecule has 0 bridgehead atoms. The number of likely N-dealkylation sites (N-methyl/N-ethyl adjacent to an activating group) is 1. The average Bonchev–Trinajstić information content (AvgIpc) is 3.46. The molecule has 6 nitrogen and oxygen atoms in total. The van der Waals surface area contributed by atoms with Crippen LogP contribution in [0, 0.1) is 18.2 Å². The van der Waals surface area contributed by atoms with Crippen LogP contribution in [0.2, 0.25) is 5.02 Å². The third kappa shape index (κ3) is 6.15. The number of hydrogen-bond donors (Lipinski definition) is 0. The maximum atomic E-state index is 14.2. The summed E-state index contributed by atoms with van der Waals surface area (Å²) in [5.74, 6) is 0.703. The standard InChI is InChI=1S/C32H41ClFN3O3/c1-24-20-27(8-9-28(24)33)40-23-31(22-29(38)36-18-16-35(2)17-19-36)12-14-37(15-13-31)30(39)32(10-3-4-11-32)25-6-5-7-26(34)21-25/h5-9,20-21H,3-4,10-19,22-23H2,1-2H3. The molecule has 0 spiro atoms. The average molecular weight is 570 g/mol. The molecule has 8 heteroatoms. The van der Waals surface area contributed by atoms with E-state index in [0.717, 1.165) is 68.7 Å². The van der Waals surface area contributed by atoms with Gasteiger partial charge in [0.1, 0.15) is 11.6 Å². The molecule has 2 saturated heterocycles. The molecule has 216 valence electrons. The van der Waals surface area contributed by atoms with Gasteiger partial charge in [0.25, 0.3) is 0 Å². The molecular formula is C32H41ClFN3O3. The van der Waals surface area contributed by atoms with Gasteiger partial charge in [0, 0.05) is 56.1 Å². The van der Waals surface area contributed by atoms with Crippen molar-refractivity contribution in [2.45, 2.75) is 57.3 Å². The molecule has 5 rings (SSSR count). The first-order valence-corrected chi connectivity index (χ1v) is 15.0. The van der Waals surface area contributed by atoms with E-state index in [4.69, 9.17) is 16.3 Å². The second kappa shape index (κ2) is 12.1. The van der Waals surface area contributed by atoms with E-state index < -0.39 is 5.41 Å². The van der Waals surface area contributed by atoms with Gasteiger partial charge in [-0.3, -0.25) is 9.59 Å². The lowest BCUT2D eigenvalue weighted by molar-refractivity contribution is -0.142. The number of rotatable bonds is 7. The first kappa shape index (κ1) is 28.9. The van der Waals surface area contributed by atoms with Gasteiger partial charge in [-0.25, -0.2) is 4.39 Å². The number of benzene rings is 2. The van der Waals surface area contributed by atoms with Crippen LogP contribution in [0.25, 0.3) is 0 Å². The Balaban J connectivity index is 1.32. The minimum absolute atomic E-state index is 0.101. The zero-order valence-electron chi connectivity index (χ0n) is 23.8. The zero-order chi connectivity index (χ0) is 28.3. The van der Waals surface area contributed by atoms with E-state index in [0.29, 0.717) is 44.0 Å². The van der Waals surface area contributed by atoms with Gasteiger partial charge in [-0.15, -0.1) is 0 Å². The van der Waals surface area contributed by atoms with Crippen molar-refractivity contribution in [3.63, 3.8) is 0 Å². The fraction of sp³-hybridized carbons (Fsp3) is 0.562. The Morgan fingerprint density at radius 3 is 2.27 bits per heavy atom. The van der Waals surface area contributed by atoms with Crippen LogP contribution in [-0.2, 0) is 15.0 Å². The van der Waals surface area contributed by atoms with Crippen LogP contribution < -0.4 is 4.74 Å². The van der Waals surface area contributed by atoms with Gasteiger partial charge in [0.2, 0.25) is 11.8 Å². The van der Waals surface area contributed by atoms with Crippen molar-refractivity contribution in [3.8, 4) is 5.75 Å². The molecule has 2 heterocycles. The van der Waals surface area contributed by atoms with Crippen molar-refractivity contribution in [1.82, 2.24) is 14.7 Å². The summed E-state index contributed by atoms with van der Waals surface area (Å²) in [6, 6.07) is 12.2. The predicted molar refractivity (Wildman–Crippen MR) is 155 cm³/mol. The minimum atomic E-state index is -0.658. The van der Waals surface area contributed by atoms with Crippen LogP contribution >= 0.6 is 11.6 Å². The lowest BCUT2D eigenvalue weighted by Gasteiger charge is -2.45. The molecule has 0 aromatic heterocycles. The summed E-state index contributed by atoms with van der Waals surface area (Å²) >= 11 is 6.22. The van der Waals surface area contributed by atoms with E-state index in [1.807, 2.05) is 41.0 Å². The Labute approximate surface area is 242 Å². The van der Waals surface area contributed by atoms with Crippen molar-refractivity contribution >= 4 is 23.4 Å². The molecule has 3 fully saturated rings. The molecule has 3 aliphatic rings. The first-order chi connectivity index (χ1) is 19.2. The van der Waals surface area contributed by atoms with Crippen molar-refractivity contribution in [2.24, 2.45) is 5.41 Å². The van der Waals surface area contributed by atoms with Gasteiger partial charge < -0.3 is 19.4 Å². The number of piperidine rings is 1. The molecule has 2 aromatic rings. The number of amides is 2. The number of likely N-dealkylation sites (tertiary alicyclic amines) is 1. The fourth-order valence-electron chi connectivity index (χ4n) is 6.68. The van der Waals surface area contributed by atoms with Gasteiger partial charge in [-0.2, -0.15) is 0 Å². The molecule has 1 saturated carbocycles. The Hall–Kier alpha value is -2.64. The van der Waals surface area contributed by atoms with Crippen LogP contribution in [0.3, 0.4) is 0 Å². The van der Waals surface area contributed by atoms with Crippen LogP contribution in [0.15, 0.2) is 42.5 Å². The number of nitrogens with zero attached hydrogens (tertiary/aromatic N) is 3. The highest BCUT2D eigenvalue weighted by atomic mass is 35.5. The molecule has 2 aliphatic heterocycles. The van der Waals surface area contributed by atoms with Crippen LogP contribution in [0.5, 0.6) is 5.75 Å². The summed E-state index contributed by atoms with van der Waals surface area (Å²) in [6.07, 6.45) is 5.20. The molecule has 0 atom stereocenters. The number of halogens is 2. The Morgan fingerprint density at radius 1 is 0.925 bits per heavy atom. The molecule has 2 aromatic carbocycles. The molecule has 1 aliphatic carbocycles. The number of ether oxygens (including phenoxy) is 1. The number of aryl methyl sites for hydroxylation is 1. The highest BCUT2D eigenvalue weighted by Gasteiger charge is 2.47. The predicted octanol–water partition coefficient (Wildman–Crippen LogP) is 5.45. The SMILES string of the molecule is Cc1cc(OCC2(CC(=O)N3CCN(C)CC3)CCN(C(=O)C3(c4cccc(F)c4)CCCC3)CC2)ccc1Cl. The van der Waals surface area contributed by atoms with Crippen molar-refractivity contribution < 1.29 is 18.7 Å². The van der Waals surface area contributed by atoms with Crippen LogP contribution in [0.4, 0.5) is 4.39 Å². The van der Waals surface area contributed by atoms with E-state index in [9.17, 15) is 14.0 Å². The zero-order valence-corrected chi connectivity index (χ0v) is 24.5. The van der Waals surface area contributed by atoms with Gasteiger partial charge >= 0.3 is 0 Å². The second-order valence-electron chi connectivity index (χ2n) is 12.2. The quantitative estimate of drug-likeness (QED) is 0.445. The van der Waals surface area contributed by atoms with Gasteiger partial charge in [0.05, 0.1) is 12.0 Å². The normalized spacial score (nSPS) is 20.9. The van der Waals surface area contributed by atoms with Crippen LogP contribution in [-0.4, -0.2) is 79.4 Å². The second-order valence-corrected chi connectivity index (χ2v) is 12.6. The van der Waals surface area contributed by atoms with E-state index in [1.165, 1.54) is 12.1 Å². The summed E-state index contributed by atoms with van der Waals surface area (Å²) in [7, 11) is 2.08. The number of carbonyl (C=O) groups is 2. The summed E-state index contributed by atoms with van der Waals surface area (Å²) in [5, 5.41) is 0.693. The first-order valence-electron chi connectivity index (χ1n) is 14.6. The van der Waals surface area contributed by atoms with E-state index in [2.05, 4.69) is 11.9 Å². The van der Waals surface area contributed by atoms with Crippen molar-refractivity contribution in [3.05, 3.63) is 64.4 Å². The molecule has 40 heavy (non-hydrogen) atoms. The van der Waals surface area contributed by atoms with Crippen molar-refractivity contribution in [2.75, 3.05) is 52.9 Å². The third-order valence-corrected chi connectivity index (χ3v) is 9.84. The maximum Gasteiger partial charge on any atom is 0.233 e. The van der Waals surface area contributed by atoms with Crippen LogP contribution in [0.1, 0.15) is 56.1 Å². The Morgan fingerprint density at radius 2 is 1.62 bits per heavy atom. The highest BCUT2D eigenvalue weighted by molar-refractivity contribution is 6.31. The summed E-state index contributed by atoms with van der Waals surface area (Å²) < 4.78 is 20.5. The molecule has 0 radical (unpaired) electrons. The smallest absolute Gasteiger partial charge is 0.233 e. The maximum absolute atomic E-state index is 14.2. The monoisotopic (exact) mass is 569 g/mol. The third-order valence-electron chi connectivity index (χ3n) is 9.41. The van der Waals surface area contributed by atoms with E-state index >= 15 is 0 Å². The minimum Gasteiger partial charge on any atom is -0.493 e.